The van der Waals surface area contributed by atoms with E-state index < -0.39 is 0 Å². The Kier molecular flexibility index (Phi) is 8.50. The molecular weight excluding hydrogens is 260 g/mol. The second kappa shape index (κ2) is 9.61. The molecule has 0 amide bonds. The molecule has 5 heteroatoms. The standard InChI is InChI=1S/C14H28N2O2S/c1-4-14(2)7-12-19-13(16-14)15-8-5-6-9-18-11-10-17-3/h4-12H2,1-3H3,(H,15,16). The lowest BCUT2D eigenvalue weighted by atomic mass is 9.96. The molecular formula is C14H28N2O2S. The molecule has 0 bridgehead atoms. The fourth-order valence-electron chi connectivity index (χ4n) is 1.82. The van der Waals surface area contributed by atoms with Crippen molar-refractivity contribution < 1.29 is 9.47 Å². The second-order valence-electron chi connectivity index (χ2n) is 5.14. The van der Waals surface area contributed by atoms with E-state index in [1.807, 2.05) is 11.8 Å². The van der Waals surface area contributed by atoms with E-state index in [2.05, 4.69) is 24.2 Å². The number of nitrogens with one attached hydrogen (secondary N) is 1. The summed E-state index contributed by atoms with van der Waals surface area (Å²) < 4.78 is 10.3. The summed E-state index contributed by atoms with van der Waals surface area (Å²) in [6, 6.07) is 0. The minimum atomic E-state index is 0.243. The smallest absolute Gasteiger partial charge is 0.156 e. The highest BCUT2D eigenvalue weighted by molar-refractivity contribution is 8.13. The molecule has 1 aliphatic rings. The topological polar surface area (TPSA) is 42.9 Å². The highest BCUT2D eigenvalue weighted by Crippen LogP contribution is 2.24. The lowest BCUT2D eigenvalue weighted by Gasteiger charge is -2.35. The summed E-state index contributed by atoms with van der Waals surface area (Å²) in [6.45, 7) is 7.59. The molecule has 1 N–H and O–H groups in total. The molecule has 112 valence electrons. The van der Waals surface area contributed by atoms with Gasteiger partial charge in [0.2, 0.25) is 0 Å². The van der Waals surface area contributed by atoms with E-state index in [9.17, 15) is 0 Å². The fraction of sp³-hybridized carbons (Fsp3) is 0.929. The van der Waals surface area contributed by atoms with Crippen molar-refractivity contribution in [2.24, 2.45) is 4.99 Å². The van der Waals surface area contributed by atoms with Crippen LogP contribution in [0.4, 0.5) is 0 Å². The van der Waals surface area contributed by atoms with Crippen molar-refractivity contribution in [1.82, 2.24) is 5.32 Å². The van der Waals surface area contributed by atoms with E-state index in [1.165, 1.54) is 12.2 Å². The first kappa shape index (κ1) is 16.8. The molecule has 1 rings (SSSR count). The van der Waals surface area contributed by atoms with Crippen LogP contribution in [-0.2, 0) is 9.47 Å². The van der Waals surface area contributed by atoms with Crippen LogP contribution >= 0.6 is 11.8 Å². The van der Waals surface area contributed by atoms with Crippen LogP contribution in [0.25, 0.3) is 0 Å². The predicted octanol–water partition coefficient (Wildman–Crippen LogP) is 2.68. The van der Waals surface area contributed by atoms with Gasteiger partial charge in [-0.25, -0.2) is 0 Å². The number of hydrogen-bond acceptors (Lipinski definition) is 4. The zero-order chi connectivity index (χ0) is 14.0. The quantitative estimate of drug-likeness (QED) is 0.662. The van der Waals surface area contributed by atoms with E-state index in [0.717, 1.165) is 37.6 Å². The lowest BCUT2D eigenvalue weighted by Crippen LogP contribution is -2.48. The molecule has 4 nitrogen and oxygen atoms in total. The summed E-state index contributed by atoms with van der Waals surface area (Å²) >= 11 is 1.85. The number of rotatable bonds is 9. The number of ether oxygens (including phenoxy) is 2. The molecule has 1 atom stereocenters. The molecule has 1 fully saturated rings. The van der Waals surface area contributed by atoms with Gasteiger partial charge in [-0.3, -0.25) is 4.99 Å². The van der Waals surface area contributed by atoms with Gasteiger partial charge in [-0.2, -0.15) is 0 Å². The maximum atomic E-state index is 5.42. The molecule has 1 aliphatic heterocycles. The SMILES string of the molecule is CCC1(C)CCSC(=NCCCCOCCOC)N1. The first-order valence-corrected chi connectivity index (χ1v) is 8.21. The number of amidine groups is 1. The Morgan fingerprint density at radius 3 is 2.89 bits per heavy atom. The van der Waals surface area contributed by atoms with Crippen LogP contribution in [0.3, 0.4) is 0 Å². The van der Waals surface area contributed by atoms with E-state index in [1.54, 1.807) is 7.11 Å². The molecule has 0 aliphatic carbocycles. The van der Waals surface area contributed by atoms with Gasteiger partial charge in [0.05, 0.1) is 13.2 Å². The highest BCUT2D eigenvalue weighted by Gasteiger charge is 2.27. The van der Waals surface area contributed by atoms with Crippen molar-refractivity contribution in [2.45, 2.75) is 45.1 Å². The van der Waals surface area contributed by atoms with Crippen molar-refractivity contribution in [1.29, 1.82) is 0 Å². The third-order valence-corrected chi connectivity index (χ3v) is 4.38. The van der Waals surface area contributed by atoms with Crippen molar-refractivity contribution >= 4 is 16.9 Å². The molecule has 0 spiro atoms. The van der Waals surface area contributed by atoms with Crippen LogP contribution in [0.1, 0.15) is 39.5 Å². The van der Waals surface area contributed by atoms with E-state index in [0.29, 0.717) is 13.2 Å². The predicted molar refractivity (Wildman–Crippen MR) is 83.1 cm³/mol. The fourth-order valence-corrected chi connectivity index (χ4v) is 3.07. The Morgan fingerprint density at radius 1 is 1.32 bits per heavy atom. The largest absolute Gasteiger partial charge is 0.382 e. The Bertz CT molecular complexity index is 274. The molecule has 0 aromatic rings. The van der Waals surface area contributed by atoms with Crippen molar-refractivity contribution in [3.8, 4) is 0 Å². The van der Waals surface area contributed by atoms with Gasteiger partial charge < -0.3 is 14.8 Å². The van der Waals surface area contributed by atoms with Gasteiger partial charge in [0.15, 0.2) is 5.17 Å². The number of nitrogens with zero attached hydrogens (tertiary/aromatic N) is 1. The minimum absolute atomic E-state index is 0.243. The van der Waals surface area contributed by atoms with Crippen LogP contribution in [-0.4, -0.2) is 49.9 Å². The van der Waals surface area contributed by atoms with Gasteiger partial charge in [0.1, 0.15) is 0 Å². The van der Waals surface area contributed by atoms with Crippen LogP contribution in [0.2, 0.25) is 0 Å². The van der Waals surface area contributed by atoms with Gasteiger partial charge in [0.25, 0.3) is 0 Å². The molecule has 0 radical (unpaired) electrons. The monoisotopic (exact) mass is 288 g/mol. The van der Waals surface area contributed by atoms with Crippen molar-refractivity contribution in [2.75, 3.05) is 39.2 Å². The van der Waals surface area contributed by atoms with Gasteiger partial charge in [-0.1, -0.05) is 18.7 Å². The summed E-state index contributed by atoms with van der Waals surface area (Å²) in [5.41, 5.74) is 0.243. The molecule has 1 unspecified atom stereocenters. The van der Waals surface area contributed by atoms with Gasteiger partial charge in [-0.15, -0.1) is 0 Å². The summed E-state index contributed by atoms with van der Waals surface area (Å²) in [7, 11) is 1.69. The first-order chi connectivity index (χ1) is 9.20. The Hall–Kier alpha value is -0.260. The Balaban J connectivity index is 2.08. The summed E-state index contributed by atoms with van der Waals surface area (Å²) in [4.78, 5) is 4.65. The van der Waals surface area contributed by atoms with E-state index in [-0.39, 0.29) is 5.54 Å². The van der Waals surface area contributed by atoms with Crippen molar-refractivity contribution in [3.63, 3.8) is 0 Å². The average molecular weight is 288 g/mol. The van der Waals surface area contributed by atoms with Crippen LogP contribution in [0.15, 0.2) is 4.99 Å². The van der Waals surface area contributed by atoms with E-state index >= 15 is 0 Å². The minimum Gasteiger partial charge on any atom is -0.382 e. The molecule has 0 aromatic heterocycles. The maximum Gasteiger partial charge on any atom is 0.156 e. The number of unbranched alkanes of at least 4 members (excludes halogenated alkanes) is 1. The average Bonchev–Trinajstić information content (AvgIpc) is 2.42. The summed E-state index contributed by atoms with van der Waals surface area (Å²) in [5.74, 6) is 1.18. The zero-order valence-corrected chi connectivity index (χ0v) is 13.4. The van der Waals surface area contributed by atoms with Gasteiger partial charge in [0, 0.05) is 31.6 Å². The summed E-state index contributed by atoms with van der Waals surface area (Å²) in [6.07, 6.45) is 4.53. The maximum absolute atomic E-state index is 5.42. The molecule has 19 heavy (non-hydrogen) atoms. The van der Waals surface area contributed by atoms with Gasteiger partial charge in [-0.05, 0) is 32.6 Å². The Labute approximate surface area is 121 Å². The zero-order valence-electron chi connectivity index (χ0n) is 12.5. The normalized spacial score (nSPS) is 25.5. The third-order valence-electron chi connectivity index (χ3n) is 3.47. The number of hydrogen-bond donors (Lipinski definition) is 1. The number of methoxy groups -OCH3 is 1. The van der Waals surface area contributed by atoms with Crippen LogP contribution < -0.4 is 5.32 Å². The highest BCUT2D eigenvalue weighted by atomic mass is 32.2. The molecule has 0 aromatic carbocycles. The summed E-state index contributed by atoms with van der Waals surface area (Å²) in [5, 5.41) is 4.68. The van der Waals surface area contributed by atoms with Crippen LogP contribution in [0, 0.1) is 0 Å². The second-order valence-corrected chi connectivity index (χ2v) is 6.22. The van der Waals surface area contributed by atoms with E-state index in [4.69, 9.17) is 9.47 Å². The lowest BCUT2D eigenvalue weighted by molar-refractivity contribution is 0.0690. The van der Waals surface area contributed by atoms with Crippen molar-refractivity contribution in [3.05, 3.63) is 0 Å². The molecule has 0 saturated carbocycles. The van der Waals surface area contributed by atoms with Crippen LogP contribution in [0.5, 0.6) is 0 Å². The number of thioether (sulfide) groups is 1. The molecule has 1 heterocycles. The number of aliphatic imine (C=N–C) groups is 1. The van der Waals surface area contributed by atoms with Gasteiger partial charge >= 0.3 is 0 Å². The third kappa shape index (κ3) is 7.18. The molecule has 1 saturated heterocycles. The first-order valence-electron chi connectivity index (χ1n) is 7.22. The Morgan fingerprint density at radius 2 is 2.16 bits per heavy atom.